The van der Waals surface area contributed by atoms with Crippen LogP contribution in [-0.2, 0) is 17.0 Å². The molecule has 0 unspecified atom stereocenters. The Labute approximate surface area is 155 Å². The summed E-state index contributed by atoms with van der Waals surface area (Å²) in [6.45, 7) is 2.26. The number of hydrogen-bond acceptors (Lipinski definition) is 3. The van der Waals surface area contributed by atoms with Crippen LogP contribution in [0.15, 0.2) is 23.2 Å². The molecule has 1 aliphatic rings. The summed E-state index contributed by atoms with van der Waals surface area (Å²) in [5, 5.41) is 6.61. The second-order valence-corrected chi connectivity index (χ2v) is 7.20. The summed E-state index contributed by atoms with van der Waals surface area (Å²) in [5.41, 5.74) is 2.13. The minimum Gasteiger partial charge on any atom is -0.378 e. The lowest BCUT2D eigenvalue weighted by Gasteiger charge is -2.15. The van der Waals surface area contributed by atoms with E-state index < -0.39 is 0 Å². The number of nitrogens with one attached hydrogen (secondary N) is 2. The molecule has 25 heavy (non-hydrogen) atoms. The first-order valence-electron chi connectivity index (χ1n) is 9.05. The Morgan fingerprint density at radius 1 is 1.28 bits per heavy atom. The fourth-order valence-electron chi connectivity index (χ4n) is 3.04. The summed E-state index contributed by atoms with van der Waals surface area (Å²) in [6.07, 6.45) is 8.51. The van der Waals surface area contributed by atoms with Crippen LogP contribution >= 0.6 is 11.8 Å². The number of guanidine groups is 1. The Bertz CT molecular complexity index is 547. The molecule has 0 saturated heterocycles. The predicted octanol–water partition coefficient (Wildman–Crippen LogP) is 3.70. The molecule has 1 fully saturated rings. The molecular formula is C19H30FN3OS. The number of benzene rings is 1. The molecule has 4 nitrogen and oxygen atoms in total. The molecule has 0 radical (unpaired) electrons. The number of nitrogens with zero attached hydrogens (tertiary/aromatic N) is 1. The highest BCUT2D eigenvalue weighted by Gasteiger charge is 2.14. The molecule has 1 aromatic carbocycles. The van der Waals surface area contributed by atoms with E-state index in [2.05, 4.69) is 15.6 Å². The smallest absolute Gasteiger partial charge is 0.191 e. The van der Waals surface area contributed by atoms with Crippen molar-refractivity contribution in [2.75, 3.05) is 26.5 Å². The van der Waals surface area contributed by atoms with E-state index in [1.54, 1.807) is 24.9 Å². The quantitative estimate of drug-likeness (QED) is 0.397. The largest absolute Gasteiger partial charge is 0.378 e. The summed E-state index contributed by atoms with van der Waals surface area (Å²) in [5.74, 6) is 1.39. The molecular weight excluding hydrogens is 337 g/mol. The minimum absolute atomic E-state index is 0.183. The van der Waals surface area contributed by atoms with Crippen molar-refractivity contribution < 1.29 is 9.13 Å². The summed E-state index contributed by atoms with van der Waals surface area (Å²) in [4.78, 5) is 4.25. The molecule has 1 saturated carbocycles. The SMILES string of the molecule is CN=C(NCCCOC1CCCC1)NCc1ccc(F)cc1CSC. The van der Waals surface area contributed by atoms with Gasteiger partial charge in [0.15, 0.2) is 5.96 Å². The average molecular weight is 368 g/mol. The van der Waals surface area contributed by atoms with Gasteiger partial charge in [0.2, 0.25) is 0 Å². The Balaban J connectivity index is 1.69. The van der Waals surface area contributed by atoms with Crippen LogP contribution in [0.2, 0.25) is 0 Å². The van der Waals surface area contributed by atoms with E-state index in [0.717, 1.165) is 42.4 Å². The summed E-state index contributed by atoms with van der Waals surface area (Å²) < 4.78 is 19.3. The normalized spacial score (nSPS) is 15.6. The van der Waals surface area contributed by atoms with Gasteiger partial charge in [0, 0.05) is 32.5 Å². The third-order valence-corrected chi connectivity index (χ3v) is 5.01. The van der Waals surface area contributed by atoms with Crippen molar-refractivity contribution >= 4 is 17.7 Å². The van der Waals surface area contributed by atoms with Gasteiger partial charge in [0.1, 0.15) is 5.82 Å². The maximum atomic E-state index is 13.4. The molecule has 0 aliphatic heterocycles. The number of thioether (sulfide) groups is 1. The van der Waals surface area contributed by atoms with Crippen LogP contribution in [-0.4, -0.2) is 38.5 Å². The van der Waals surface area contributed by atoms with Crippen molar-refractivity contribution in [3.8, 4) is 0 Å². The van der Waals surface area contributed by atoms with E-state index in [-0.39, 0.29) is 5.82 Å². The van der Waals surface area contributed by atoms with Crippen molar-refractivity contribution in [2.45, 2.75) is 50.5 Å². The van der Waals surface area contributed by atoms with Gasteiger partial charge >= 0.3 is 0 Å². The van der Waals surface area contributed by atoms with Gasteiger partial charge in [-0.1, -0.05) is 18.9 Å². The van der Waals surface area contributed by atoms with E-state index in [0.29, 0.717) is 12.6 Å². The average Bonchev–Trinajstić information content (AvgIpc) is 3.12. The molecule has 2 N–H and O–H groups in total. The van der Waals surface area contributed by atoms with Crippen LogP contribution in [0.3, 0.4) is 0 Å². The summed E-state index contributed by atoms with van der Waals surface area (Å²) in [7, 11) is 1.76. The van der Waals surface area contributed by atoms with Gasteiger partial charge in [0.25, 0.3) is 0 Å². The summed E-state index contributed by atoms with van der Waals surface area (Å²) >= 11 is 1.69. The first-order valence-corrected chi connectivity index (χ1v) is 10.4. The van der Waals surface area contributed by atoms with E-state index in [9.17, 15) is 4.39 Å². The van der Waals surface area contributed by atoms with Crippen LogP contribution in [0.5, 0.6) is 0 Å². The standard InChI is InChI=1S/C19H30FN3OS/c1-21-19(22-10-5-11-24-18-6-3-4-7-18)23-13-15-8-9-17(20)12-16(15)14-25-2/h8-9,12,18H,3-7,10-11,13-14H2,1-2H3,(H2,21,22,23). The number of aliphatic imine (C=N–C) groups is 1. The Hall–Kier alpha value is -1.27. The van der Waals surface area contributed by atoms with Crippen molar-refractivity contribution in [1.82, 2.24) is 10.6 Å². The number of hydrogen-bond donors (Lipinski definition) is 2. The second kappa shape index (κ2) is 11.4. The van der Waals surface area contributed by atoms with Gasteiger partial charge in [-0.15, -0.1) is 0 Å². The monoisotopic (exact) mass is 367 g/mol. The fourth-order valence-corrected chi connectivity index (χ4v) is 3.62. The molecule has 0 atom stereocenters. The molecule has 0 spiro atoms. The molecule has 1 aliphatic carbocycles. The Morgan fingerprint density at radius 3 is 2.80 bits per heavy atom. The van der Waals surface area contributed by atoms with E-state index in [1.165, 1.54) is 31.7 Å². The lowest BCUT2D eigenvalue weighted by Crippen LogP contribution is -2.37. The lowest BCUT2D eigenvalue weighted by atomic mass is 10.1. The zero-order chi connectivity index (χ0) is 17.9. The lowest BCUT2D eigenvalue weighted by molar-refractivity contribution is 0.0574. The molecule has 0 amide bonds. The third kappa shape index (κ3) is 7.24. The molecule has 0 aromatic heterocycles. The molecule has 1 aromatic rings. The maximum absolute atomic E-state index is 13.4. The number of halogens is 1. The van der Waals surface area contributed by atoms with Gasteiger partial charge in [-0.25, -0.2) is 4.39 Å². The van der Waals surface area contributed by atoms with E-state index in [1.807, 2.05) is 12.3 Å². The predicted molar refractivity (Wildman–Crippen MR) is 105 cm³/mol. The minimum atomic E-state index is -0.183. The van der Waals surface area contributed by atoms with Gasteiger partial charge in [0.05, 0.1) is 6.10 Å². The van der Waals surface area contributed by atoms with Crippen molar-refractivity contribution in [3.05, 3.63) is 35.1 Å². The first-order chi connectivity index (χ1) is 12.2. The third-order valence-electron chi connectivity index (χ3n) is 4.41. The molecule has 6 heteroatoms. The summed E-state index contributed by atoms with van der Waals surface area (Å²) in [6, 6.07) is 4.97. The van der Waals surface area contributed by atoms with Crippen LogP contribution < -0.4 is 10.6 Å². The maximum Gasteiger partial charge on any atom is 0.191 e. The van der Waals surface area contributed by atoms with Crippen LogP contribution in [0.25, 0.3) is 0 Å². The van der Waals surface area contributed by atoms with Gasteiger partial charge in [-0.05, 0) is 48.8 Å². The van der Waals surface area contributed by atoms with Crippen molar-refractivity contribution in [1.29, 1.82) is 0 Å². The Kier molecular flexibility index (Phi) is 9.11. The van der Waals surface area contributed by atoms with Crippen LogP contribution in [0, 0.1) is 5.82 Å². The molecule has 140 valence electrons. The zero-order valence-corrected chi connectivity index (χ0v) is 16.1. The van der Waals surface area contributed by atoms with E-state index in [4.69, 9.17) is 4.74 Å². The highest BCUT2D eigenvalue weighted by atomic mass is 32.2. The van der Waals surface area contributed by atoms with Gasteiger partial charge < -0.3 is 15.4 Å². The number of rotatable bonds is 9. The van der Waals surface area contributed by atoms with Gasteiger partial charge in [-0.2, -0.15) is 11.8 Å². The van der Waals surface area contributed by atoms with E-state index >= 15 is 0 Å². The van der Waals surface area contributed by atoms with Crippen molar-refractivity contribution in [3.63, 3.8) is 0 Å². The highest BCUT2D eigenvalue weighted by molar-refractivity contribution is 7.97. The van der Waals surface area contributed by atoms with Gasteiger partial charge in [-0.3, -0.25) is 4.99 Å². The fraction of sp³-hybridized carbons (Fsp3) is 0.632. The topological polar surface area (TPSA) is 45.7 Å². The first kappa shape index (κ1) is 20.0. The second-order valence-electron chi connectivity index (χ2n) is 6.33. The molecule has 2 rings (SSSR count). The zero-order valence-electron chi connectivity index (χ0n) is 15.3. The molecule has 0 bridgehead atoms. The van der Waals surface area contributed by atoms with Crippen LogP contribution in [0.1, 0.15) is 43.2 Å². The van der Waals surface area contributed by atoms with Crippen molar-refractivity contribution in [2.24, 2.45) is 4.99 Å². The highest BCUT2D eigenvalue weighted by Crippen LogP contribution is 2.20. The Morgan fingerprint density at radius 2 is 2.08 bits per heavy atom. The molecule has 0 heterocycles. The number of ether oxygens (including phenoxy) is 1. The van der Waals surface area contributed by atoms with Crippen LogP contribution in [0.4, 0.5) is 4.39 Å².